The zero-order valence-electron chi connectivity index (χ0n) is 9.25. The number of hydrogen-bond donors (Lipinski definition) is 2. The van der Waals surface area contributed by atoms with Gasteiger partial charge in [0.15, 0.2) is 0 Å². The predicted octanol–water partition coefficient (Wildman–Crippen LogP) is 0.639. The molecule has 0 heterocycles. The van der Waals surface area contributed by atoms with Crippen molar-refractivity contribution in [1.29, 1.82) is 0 Å². The molecule has 0 amide bonds. The number of aromatic carboxylic acids is 1. The van der Waals surface area contributed by atoms with E-state index < -0.39 is 16.0 Å². The van der Waals surface area contributed by atoms with E-state index in [2.05, 4.69) is 0 Å². The first kappa shape index (κ1) is 15.7. The molecule has 0 unspecified atom stereocenters. The van der Waals surface area contributed by atoms with Gasteiger partial charge in [0.25, 0.3) is 0 Å². The highest BCUT2D eigenvalue weighted by Gasteiger charge is 2.19. The second-order valence-electron chi connectivity index (χ2n) is 3.34. The Morgan fingerprint density at radius 1 is 1.35 bits per heavy atom. The maximum Gasteiger partial charge on any atom is 0.337 e. The van der Waals surface area contributed by atoms with E-state index in [1.165, 1.54) is 26.2 Å². The molecule has 96 valence electrons. The number of nitrogen functional groups attached to an aromatic ring is 1. The summed E-state index contributed by atoms with van der Waals surface area (Å²) in [6.07, 6.45) is 0. The Morgan fingerprint density at radius 2 is 1.88 bits per heavy atom. The van der Waals surface area contributed by atoms with Crippen molar-refractivity contribution in [1.82, 2.24) is 4.31 Å². The fourth-order valence-corrected chi connectivity index (χ4v) is 2.02. The van der Waals surface area contributed by atoms with E-state index in [0.717, 1.165) is 10.4 Å². The fourth-order valence-electron chi connectivity index (χ4n) is 1.09. The highest BCUT2D eigenvalue weighted by molar-refractivity contribution is 7.89. The van der Waals surface area contributed by atoms with Gasteiger partial charge in [-0.05, 0) is 18.2 Å². The van der Waals surface area contributed by atoms with Crippen LogP contribution in [0.3, 0.4) is 0 Å². The van der Waals surface area contributed by atoms with Gasteiger partial charge in [-0.3, -0.25) is 0 Å². The fraction of sp³-hybridized carbons (Fsp3) is 0.222. The Kier molecular flexibility index (Phi) is 4.94. The minimum absolute atomic E-state index is 0. The van der Waals surface area contributed by atoms with E-state index in [-0.39, 0.29) is 28.6 Å². The van der Waals surface area contributed by atoms with Crippen LogP contribution in [0.25, 0.3) is 0 Å². The van der Waals surface area contributed by atoms with Gasteiger partial charge >= 0.3 is 5.97 Å². The van der Waals surface area contributed by atoms with Gasteiger partial charge in [0, 0.05) is 19.8 Å². The minimum Gasteiger partial charge on any atom is -0.478 e. The topological polar surface area (TPSA) is 101 Å². The Labute approximate surface area is 105 Å². The van der Waals surface area contributed by atoms with Crippen LogP contribution in [0.15, 0.2) is 23.1 Å². The van der Waals surface area contributed by atoms with Gasteiger partial charge in [-0.25, -0.2) is 17.5 Å². The quantitative estimate of drug-likeness (QED) is 0.791. The van der Waals surface area contributed by atoms with Gasteiger partial charge in [0.05, 0.1) is 10.5 Å². The lowest BCUT2D eigenvalue weighted by Crippen LogP contribution is -2.22. The summed E-state index contributed by atoms with van der Waals surface area (Å²) in [5.41, 5.74) is 5.23. The Morgan fingerprint density at radius 3 is 2.29 bits per heavy atom. The number of halogens is 1. The van der Waals surface area contributed by atoms with Crippen LogP contribution in [0.1, 0.15) is 10.4 Å². The number of hydrogen-bond acceptors (Lipinski definition) is 4. The molecule has 0 saturated carbocycles. The Hall–Kier alpha value is -1.31. The molecule has 17 heavy (non-hydrogen) atoms. The van der Waals surface area contributed by atoms with Crippen LogP contribution in [0.5, 0.6) is 0 Å². The lowest BCUT2D eigenvalue weighted by molar-refractivity contribution is 0.0698. The number of sulfonamides is 1. The average molecular weight is 281 g/mol. The summed E-state index contributed by atoms with van der Waals surface area (Å²) >= 11 is 0. The van der Waals surface area contributed by atoms with Crippen LogP contribution in [-0.2, 0) is 10.0 Å². The molecule has 0 bridgehead atoms. The van der Waals surface area contributed by atoms with E-state index >= 15 is 0 Å². The van der Waals surface area contributed by atoms with Crippen LogP contribution in [0.2, 0.25) is 0 Å². The van der Waals surface area contributed by atoms with E-state index in [1.54, 1.807) is 0 Å². The van der Waals surface area contributed by atoms with Gasteiger partial charge in [0.2, 0.25) is 10.0 Å². The molecule has 0 fully saturated rings. The van der Waals surface area contributed by atoms with Crippen molar-refractivity contribution in [2.45, 2.75) is 4.90 Å². The molecule has 3 N–H and O–H groups in total. The molecule has 1 rings (SSSR count). The van der Waals surface area contributed by atoms with E-state index in [4.69, 9.17) is 10.8 Å². The van der Waals surface area contributed by atoms with Crippen LogP contribution < -0.4 is 5.73 Å². The highest BCUT2D eigenvalue weighted by Crippen LogP contribution is 2.19. The smallest absolute Gasteiger partial charge is 0.337 e. The third-order valence-corrected chi connectivity index (χ3v) is 3.84. The summed E-state index contributed by atoms with van der Waals surface area (Å²) in [4.78, 5) is 10.7. The highest BCUT2D eigenvalue weighted by atomic mass is 35.5. The number of nitrogens with zero attached hydrogens (tertiary/aromatic N) is 1. The summed E-state index contributed by atoms with van der Waals surface area (Å²) in [6, 6.07) is 3.59. The van der Waals surface area contributed by atoms with Crippen LogP contribution in [-0.4, -0.2) is 37.9 Å². The molecular formula is C9H13ClN2O4S. The number of anilines is 1. The first-order valence-electron chi connectivity index (χ1n) is 4.32. The van der Waals surface area contributed by atoms with Crippen LogP contribution >= 0.6 is 12.4 Å². The number of carbonyl (C=O) groups is 1. The number of benzene rings is 1. The Balaban J connectivity index is 0.00000256. The molecule has 0 spiro atoms. The first-order valence-corrected chi connectivity index (χ1v) is 5.76. The normalized spacial score (nSPS) is 11.0. The molecule has 0 atom stereocenters. The third kappa shape index (κ3) is 3.09. The van der Waals surface area contributed by atoms with Crippen molar-refractivity contribution >= 4 is 34.1 Å². The monoisotopic (exact) mass is 280 g/mol. The SMILES string of the molecule is CN(C)S(=O)(=O)c1ccc(N)c(C(=O)O)c1.Cl. The molecule has 0 radical (unpaired) electrons. The number of carboxylic acid groups (broad SMARTS) is 1. The molecule has 1 aromatic rings. The van der Waals surface area contributed by atoms with Crippen molar-refractivity contribution < 1.29 is 18.3 Å². The number of nitrogens with two attached hydrogens (primary N) is 1. The van der Waals surface area contributed by atoms with Crippen molar-refractivity contribution in [2.75, 3.05) is 19.8 Å². The molecule has 6 nitrogen and oxygen atoms in total. The molecule has 8 heteroatoms. The number of rotatable bonds is 3. The average Bonchev–Trinajstić information content (AvgIpc) is 2.17. The van der Waals surface area contributed by atoms with Crippen LogP contribution in [0, 0.1) is 0 Å². The summed E-state index contributed by atoms with van der Waals surface area (Å²) in [7, 11) is -0.901. The van der Waals surface area contributed by atoms with E-state index in [1.807, 2.05) is 0 Å². The van der Waals surface area contributed by atoms with Gasteiger partial charge in [0.1, 0.15) is 0 Å². The maximum atomic E-state index is 11.7. The first-order chi connectivity index (χ1) is 7.26. The standard InChI is InChI=1S/C9H12N2O4S.ClH/c1-11(2)16(14,15)6-3-4-8(10)7(5-6)9(12)13;/h3-5H,10H2,1-2H3,(H,12,13);1H. The van der Waals surface area contributed by atoms with Crippen molar-refractivity contribution in [3.8, 4) is 0 Å². The molecule has 0 aliphatic heterocycles. The summed E-state index contributed by atoms with van der Waals surface area (Å²) in [5.74, 6) is -1.26. The van der Waals surface area contributed by atoms with Gasteiger partial charge < -0.3 is 10.8 Å². The van der Waals surface area contributed by atoms with E-state index in [0.29, 0.717) is 0 Å². The lowest BCUT2D eigenvalue weighted by atomic mass is 10.2. The maximum absolute atomic E-state index is 11.7. The van der Waals surface area contributed by atoms with Crippen LogP contribution in [0.4, 0.5) is 5.69 Å². The molecule has 0 aliphatic rings. The third-order valence-electron chi connectivity index (χ3n) is 2.03. The second kappa shape index (κ2) is 5.35. The van der Waals surface area contributed by atoms with Crippen molar-refractivity contribution in [2.24, 2.45) is 0 Å². The molecule has 0 aromatic heterocycles. The largest absolute Gasteiger partial charge is 0.478 e. The van der Waals surface area contributed by atoms with E-state index in [9.17, 15) is 13.2 Å². The molecule has 1 aromatic carbocycles. The minimum atomic E-state index is -3.64. The van der Waals surface area contributed by atoms with Crippen molar-refractivity contribution in [3.63, 3.8) is 0 Å². The summed E-state index contributed by atoms with van der Waals surface area (Å²) in [5, 5.41) is 8.81. The van der Waals surface area contributed by atoms with Gasteiger partial charge in [-0.1, -0.05) is 0 Å². The zero-order chi connectivity index (χ0) is 12.5. The lowest BCUT2D eigenvalue weighted by Gasteiger charge is -2.12. The molecule has 0 aliphatic carbocycles. The molecular weight excluding hydrogens is 268 g/mol. The van der Waals surface area contributed by atoms with Gasteiger partial charge in [-0.2, -0.15) is 0 Å². The number of carboxylic acids is 1. The predicted molar refractivity (Wildman–Crippen MR) is 65.9 cm³/mol. The van der Waals surface area contributed by atoms with Crippen molar-refractivity contribution in [3.05, 3.63) is 23.8 Å². The second-order valence-corrected chi connectivity index (χ2v) is 5.49. The zero-order valence-corrected chi connectivity index (χ0v) is 10.9. The molecule has 0 saturated heterocycles. The van der Waals surface area contributed by atoms with Gasteiger partial charge in [-0.15, -0.1) is 12.4 Å². The Bertz CT molecular complexity index is 528. The summed E-state index contributed by atoms with van der Waals surface area (Å²) < 4.78 is 24.4. The summed E-state index contributed by atoms with van der Waals surface area (Å²) in [6.45, 7) is 0.